The molecule has 1 fully saturated rings. The number of hydrogen-bond acceptors (Lipinski definition) is 5. The zero-order chi connectivity index (χ0) is 14.5. The lowest BCUT2D eigenvalue weighted by molar-refractivity contribution is -0.0786. The van der Waals surface area contributed by atoms with Crippen LogP contribution in [0.5, 0.6) is 5.75 Å². The van der Waals surface area contributed by atoms with Crippen LogP contribution in [0.25, 0.3) is 0 Å². The summed E-state index contributed by atoms with van der Waals surface area (Å²) >= 11 is 0. The Bertz CT molecular complexity index is 400. The van der Waals surface area contributed by atoms with Crippen molar-refractivity contribution in [3.63, 3.8) is 0 Å². The number of aliphatic hydroxyl groups excluding tert-OH is 1. The van der Waals surface area contributed by atoms with Gasteiger partial charge >= 0.3 is 0 Å². The summed E-state index contributed by atoms with van der Waals surface area (Å²) in [6, 6.07) is 7.18. The van der Waals surface area contributed by atoms with Crippen LogP contribution in [-0.2, 0) is 4.74 Å². The molecule has 5 nitrogen and oxygen atoms in total. The second-order valence-electron chi connectivity index (χ2n) is 5.51. The van der Waals surface area contributed by atoms with Gasteiger partial charge in [0.1, 0.15) is 18.5 Å². The van der Waals surface area contributed by atoms with Crippen LogP contribution in [0.1, 0.15) is 13.8 Å². The molecule has 0 saturated carbocycles. The Morgan fingerprint density at radius 3 is 2.50 bits per heavy atom. The summed E-state index contributed by atoms with van der Waals surface area (Å²) < 4.78 is 11.2. The van der Waals surface area contributed by atoms with Crippen LogP contribution in [0.3, 0.4) is 0 Å². The van der Waals surface area contributed by atoms with E-state index in [0.717, 1.165) is 18.8 Å². The SMILES string of the molecule is CC1CN(CC(O)COc2ccc(N)cc2)CC(C)O1. The van der Waals surface area contributed by atoms with E-state index in [1.54, 1.807) is 24.3 Å². The molecule has 1 aromatic carbocycles. The number of nitrogen functional groups attached to an aromatic ring is 1. The van der Waals surface area contributed by atoms with Gasteiger partial charge in [-0.3, -0.25) is 4.90 Å². The number of β-amino-alcohol motifs (C(OH)–C–C–N with tert-alkyl or cyclic N) is 1. The molecule has 1 aliphatic heterocycles. The maximum absolute atomic E-state index is 10.1. The summed E-state index contributed by atoms with van der Waals surface area (Å²) in [7, 11) is 0. The van der Waals surface area contributed by atoms with Crippen LogP contribution >= 0.6 is 0 Å². The molecular formula is C15H24N2O3. The monoisotopic (exact) mass is 280 g/mol. The lowest BCUT2D eigenvalue weighted by atomic mass is 10.2. The van der Waals surface area contributed by atoms with Crippen LogP contribution in [0.15, 0.2) is 24.3 Å². The first-order valence-corrected chi connectivity index (χ1v) is 7.07. The highest BCUT2D eigenvalue weighted by atomic mass is 16.5. The Hall–Kier alpha value is -1.30. The van der Waals surface area contributed by atoms with Crippen LogP contribution in [0.2, 0.25) is 0 Å². The Labute approximate surface area is 120 Å². The number of hydrogen-bond donors (Lipinski definition) is 2. The standard InChI is InChI=1S/C15H24N2O3/c1-11-7-17(8-12(2)20-11)9-14(18)10-19-15-5-3-13(16)4-6-15/h3-6,11-12,14,18H,7-10,16H2,1-2H3. The fourth-order valence-corrected chi connectivity index (χ4v) is 2.54. The molecule has 0 radical (unpaired) electrons. The third-order valence-electron chi connectivity index (χ3n) is 3.29. The lowest BCUT2D eigenvalue weighted by Crippen LogP contribution is -2.48. The maximum Gasteiger partial charge on any atom is 0.119 e. The predicted octanol–water partition coefficient (Wildman–Crippen LogP) is 1.12. The van der Waals surface area contributed by atoms with Crippen LogP contribution < -0.4 is 10.5 Å². The summed E-state index contributed by atoms with van der Waals surface area (Å²) in [6.07, 6.45) is -0.0852. The zero-order valence-corrected chi connectivity index (χ0v) is 12.2. The molecule has 1 aromatic rings. The lowest BCUT2D eigenvalue weighted by Gasteiger charge is -2.36. The number of anilines is 1. The average Bonchev–Trinajstić information content (AvgIpc) is 2.37. The van der Waals surface area contributed by atoms with Crippen molar-refractivity contribution in [2.24, 2.45) is 0 Å². The summed E-state index contributed by atoms with van der Waals surface area (Å²) in [6.45, 7) is 6.70. The number of nitrogens with zero attached hydrogens (tertiary/aromatic N) is 1. The fourth-order valence-electron chi connectivity index (χ4n) is 2.54. The second kappa shape index (κ2) is 6.92. The van der Waals surface area contributed by atoms with E-state index in [4.69, 9.17) is 15.2 Å². The molecule has 1 heterocycles. The largest absolute Gasteiger partial charge is 0.491 e. The molecule has 3 N–H and O–H groups in total. The summed E-state index contributed by atoms with van der Waals surface area (Å²) in [5.41, 5.74) is 6.31. The van der Waals surface area contributed by atoms with Crippen molar-refractivity contribution in [2.45, 2.75) is 32.2 Å². The molecule has 0 spiro atoms. The molecule has 3 atom stereocenters. The number of nitrogens with two attached hydrogens (primary N) is 1. The third-order valence-corrected chi connectivity index (χ3v) is 3.29. The van der Waals surface area contributed by atoms with E-state index < -0.39 is 6.10 Å². The van der Waals surface area contributed by atoms with Gasteiger partial charge in [0.25, 0.3) is 0 Å². The minimum atomic E-state index is -0.509. The highest BCUT2D eigenvalue weighted by molar-refractivity contribution is 5.41. The molecule has 0 bridgehead atoms. The number of ether oxygens (including phenoxy) is 2. The van der Waals surface area contributed by atoms with Gasteiger partial charge in [-0.15, -0.1) is 0 Å². The predicted molar refractivity (Wildman–Crippen MR) is 78.8 cm³/mol. The van der Waals surface area contributed by atoms with Gasteiger partial charge in [-0.05, 0) is 38.1 Å². The van der Waals surface area contributed by atoms with Crippen molar-refractivity contribution < 1.29 is 14.6 Å². The summed E-state index contributed by atoms with van der Waals surface area (Å²) in [5, 5.41) is 10.1. The van der Waals surface area contributed by atoms with Gasteiger partial charge < -0.3 is 20.3 Å². The van der Waals surface area contributed by atoms with Crippen molar-refractivity contribution >= 4 is 5.69 Å². The van der Waals surface area contributed by atoms with Crippen molar-refractivity contribution in [2.75, 3.05) is 32.0 Å². The third kappa shape index (κ3) is 4.67. The van der Waals surface area contributed by atoms with E-state index in [1.807, 2.05) is 0 Å². The Morgan fingerprint density at radius 2 is 1.90 bits per heavy atom. The Balaban J connectivity index is 1.74. The van der Waals surface area contributed by atoms with E-state index in [0.29, 0.717) is 12.2 Å². The zero-order valence-electron chi connectivity index (χ0n) is 12.2. The van der Waals surface area contributed by atoms with Crippen LogP contribution in [0, 0.1) is 0 Å². The molecule has 1 saturated heterocycles. The Kier molecular flexibility index (Phi) is 5.23. The average molecular weight is 280 g/mol. The quantitative estimate of drug-likeness (QED) is 0.791. The molecule has 1 aliphatic rings. The van der Waals surface area contributed by atoms with Crippen molar-refractivity contribution in [1.82, 2.24) is 4.90 Å². The van der Waals surface area contributed by atoms with Gasteiger partial charge in [0.15, 0.2) is 0 Å². The summed E-state index contributed by atoms with van der Waals surface area (Å²) in [4.78, 5) is 2.22. The van der Waals surface area contributed by atoms with Gasteiger partial charge in [0, 0.05) is 25.3 Å². The smallest absolute Gasteiger partial charge is 0.119 e. The van der Waals surface area contributed by atoms with Crippen molar-refractivity contribution in [3.05, 3.63) is 24.3 Å². The fraction of sp³-hybridized carbons (Fsp3) is 0.600. The van der Waals surface area contributed by atoms with Gasteiger partial charge in [-0.25, -0.2) is 0 Å². The van der Waals surface area contributed by atoms with Crippen molar-refractivity contribution in [1.29, 1.82) is 0 Å². The number of benzene rings is 1. The van der Waals surface area contributed by atoms with E-state index in [-0.39, 0.29) is 18.8 Å². The van der Waals surface area contributed by atoms with Crippen LogP contribution in [0.4, 0.5) is 5.69 Å². The first-order chi connectivity index (χ1) is 9.52. The van der Waals surface area contributed by atoms with Crippen LogP contribution in [-0.4, -0.2) is 54.6 Å². The number of morpholine rings is 1. The van der Waals surface area contributed by atoms with E-state index in [2.05, 4.69) is 18.7 Å². The maximum atomic E-state index is 10.1. The molecule has 20 heavy (non-hydrogen) atoms. The number of aliphatic hydroxyl groups is 1. The molecule has 0 aromatic heterocycles. The first kappa shape index (κ1) is 15.1. The molecule has 2 rings (SSSR count). The normalized spacial score (nSPS) is 25.4. The topological polar surface area (TPSA) is 68.0 Å². The van der Waals surface area contributed by atoms with Gasteiger partial charge in [0.05, 0.1) is 12.2 Å². The molecule has 0 amide bonds. The Morgan fingerprint density at radius 1 is 1.30 bits per heavy atom. The number of rotatable bonds is 5. The minimum absolute atomic E-state index is 0.212. The molecule has 0 aliphatic carbocycles. The first-order valence-electron chi connectivity index (χ1n) is 7.07. The highest BCUT2D eigenvalue weighted by Gasteiger charge is 2.23. The van der Waals surface area contributed by atoms with Crippen molar-refractivity contribution in [3.8, 4) is 5.75 Å². The minimum Gasteiger partial charge on any atom is -0.491 e. The van der Waals surface area contributed by atoms with E-state index in [9.17, 15) is 5.11 Å². The van der Waals surface area contributed by atoms with E-state index in [1.165, 1.54) is 0 Å². The molecule has 112 valence electrons. The van der Waals surface area contributed by atoms with Gasteiger partial charge in [0.2, 0.25) is 0 Å². The van der Waals surface area contributed by atoms with Gasteiger partial charge in [-0.2, -0.15) is 0 Å². The molecule has 3 unspecified atom stereocenters. The second-order valence-corrected chi connectivity index (χ2v) is 5.51. The highest BCUT2D eigenvalue weighted by Crippen LogP contribution is 2.14. The molecule has 5 heteroatoms. The summed E-state index contributed by atoms with van der Waals surface area (Å²) in [5.74, 6) is 0.724. The van der Waals surface area contributed by atoms with E-state index >= 15 is 0 Å². The van der Waals surface area contributed by atoms with Gasteiger partial charge in [-0.1, -0.05) is 0 Å². The molecular weight excluding hydrogens is 256 g/mol.